The molecular formula is C13H14F2N2S. The van der Waals surface area contributed by atoms with E-state index in [2.05, 4.69) is 9.97 Å². The van der Waals surface area contributed by atoms with Gasteiger partial charge < -0.3 is 4.98 Å². The van der Waals surface area contributed by atoms with Gasteiger partial charge in [0.25, 0.3) is 0 Å². The Labute approximate surface area is 108 Å². The van der Waals surface area contributed by atoms with Gasteiger partial charge in [0.05, 0.1) is 5.52 Å². The van der Waals surface area contributed by atoms with Gasteiger partial charge in [0, 0.05) is 6.42 Å². The zero-order valence-corrected chi connectivity index (χ0v) is 10.7. The monoisotopic (exact) mass is 268 g/mol. The molecule has 1 aromatic carbocycles. The third kappa shape index (κ3) is 2.23. The van der Waals surface area contributed by atoms with Crippen LogP contribution >= 0.6 is 11.8 Å². The third-order valence-corrected chi connectivity index (χ3v) is 4.47. The highest BCUT2D eigenvalue weighted by molar-refractivity contribution is 7.99. The van der Waals surface area contributed by atoms with Crippen LogP contribution in [0.1, 0.15) is 18.7 Å². The van der Waals surface area contributed by atoms with Crippen molar-refractivity contribution in [3.05, 3.63) is 29.6 Å². The largest absolute Gasteiger partial charge is 0.342 e. The van der Waals surface area contributed by atoms with Crippen molar-refractivity contribution < 1.29 is 8.78 Å². The fraction of sp³-hybridized carbons (Fsp3) is 0.462. The number of benzene rings is 1. The van der Waals surface area contributed by atoms with E-state index < -0.39 is 11.6 Å². The van der Waals surface area contributed by atoms with E-state index in [1.165, 1.54) is 24.3 Å². The SMILES string of the molecule is Fc1ccc2[nH]c(CC3CCSCC3)nc2c1F. The van der Waals surface area contributed by atoms with E-state index in [1.54, 1.807) is 6.07 Å². The van der Waals surface area contributed by atoms with Crippen molar-refractivity contribution in [2.24, 2.45) is 5.92 Å². The normalized spacial score (nSPS) is 17.4. The Bertz CT molecular complexity index is 561. The van der Waals surface area contributed by atoms with E-state index in [9.17, 15) is 8.78 Å². The second kappa shape index (κ2) is 4.88. The molecule has 0 bridgehead atoms. The van der Waals surface area contributed by atoms with Gasteiger partial charge in [0.1, 0.15) is 11.3 Å². The van der Waals surface area contributed by atoms with Gasteiger partial charge in [-0.2, -0.15) is 11.8 Å². The molecule has 1 aromatic heterocycles. The first-order valence-electron chi connectivity index (χ1n) is 6.14. The topological polar surface area (TPSA) is 28.7 Å². The minimum atomic E-state index is -0.853. The van der Waals surface area contributed by atoms with Crippen LogP contribution in [0.4, 0.5) is 8.78 Å². The number of hydrogen-bond donors (Lipinski definition) is 1. The molecule has 96 valence electrons. The first-order chi connectivity index (χ1) is 8.74. The van der Waals surface area contributed by atoms with Gasteiger partial charge in [-0.25, -0.2) is 13.8 Å². The van der Waals surface area contributed by atoms with Crippen LogP contribution in [0.3, 0.4) is 0 Å². The van der Waals surface area contributed by atoms with E-state index in [1.807, 2.05) is 11.8 Å². The fourth-order valence-corrected chi connectivity index (χ4v) is 3.59. The van der Waals surface area contributed by atoms with E-state index in [4.69, 9.17) is 0 Å². The summed E-state index contributed by atoms with van der Waals surface area (Å²) in [7, 11) is 0. The summed E-state index contributed by atoms with van der Waals surface area (Å²) < 4.78 is 26.6. The number of hydrogen-bond acceptors (Lipinski definition) is 2. The highest BCUT2D eigenvalue weighted by Crippen LogP contribution is 2.26. The molecule has 0 spiro atoms. The summed E-state index contributed by atoms with van der Waals surface area (Å²) in [5.41, 5.74) is 0.698. The molecule has 5 heteroatoms. The lowest BCUT2D eigenvalue weighted by atomic mass is 9.99. The number of nitrogens with zero attached hydrogens (tertiary/aromatic N) is 1. The Morgan fingerprint density at radius 2 is 2.06 bits per heavy atom. The zero-order valence-electron chi connectivity index (χ0n) is 9.88. The van der Waals surface area contributed by atoms with E-state index >= 15 is 0 Å². The molecule has 2 nitrogen and oxygen atoms in total. The van der Waals surface area contributed by atoms with Crippen molar-refractivity contribution in [1.82, 2.24) is 9.97 Å². The zero-order chi connectivity index (χ0) is 12.5. The number of H-pyrrole nitrogens is 1. The molecule has 1 saturated heterocycles. The minimum Gasteiger partial charge on any atom is -0.342 e. The number of rotatable bonds is 2. The summed E-state index contributed by atoms with van der Waals surface area (Å²) in [5, 5.41) is 0. The third-order valence-electron chi connectivity index (χ3n) is 3.42. The van der Waals surface area contributed by atoms with Crippen LogP contribution in [0.15, 0.2) is 12.1 Å². The summed E-state index contributed by atoms with van der Waals surface area (Å²) in [4.78, 5) is 7.28. The molecule has 0 unspecified atom stereocenters. The van der Waals surface area contributed by atoms with Crippen molar-refractivity contribution in [1.29, 1.82) is 0 Å². The van der Waals surface area contributed by atoms with Gasteiger partial charge in [-0.15, -0.1) is 0 Å². The Hall–Kier alpha value is -1.10. The predicted octanol–water partition coefficient (Wildman–Crippen LogP) is 3.53. The number of aromatic nitrogens is 2. The molecule has 18 heavy (non-hydrogen) atoms. The molecule has 0 amide bonds. The molecule has 0 atom stereocenters. The average Bonchev–Trinajstić information content (AvgIpc) is 2.79. The summed E-state index contributed by atoms with van der Waals surface area (Å²) >= 11 is 1.98. The van der Waals surface area contributed by atoms with Crippen LogP contribution in [0, 0.1) is 17.6 Å². The molecular weight excluding hydrogens is 254 g/mol. The van der Waals surface area contributed by atoms with E-state index in [0.717, 1.165) is 18.3 Å². The lowest BCUT2D eigenvalue weighted by Gasteiger charge is -2.19. The molecule has 3 rings (SSSR count). The lowest BCUT2D eigenvalue weighted by molar-refractivity contribution is 0.478. The summed E-state index contributed by atoms with van der Waals surface area (Å²) in [6.07, 6.45) is 3.19. The predicted molar refractivity (Wildman–Crippen MR) is 69.8 cm³/mol. The Kier molecular flexibility index (Phi) is 3.24. The highest BCUT2D eigenvalue weighted by atomic mass is 32.2. The molecule has 2 heterocycles. The van der Waals surface area contributed by atoms with Gasteiger partial charge in [-0.1, -0.05) is 0 Å². The van der Waals surface area contributed by atoms with Gasteiger partial charge in [0.2, 0.25) is 0 Å². The minimum absolute atomic E-state index is 0.121. The number of imidazole rings is 1. The first-order valence-corrected chi connectivity index (χ1v) is 7.30. The van der Waals surface area contributed by atoms with Crippen molar-refractivity contribution in [2.45, 2.75) is 19.3 Å². The van der Waals surface area contributed by atoms with Crippen molar-refractivity contribution >= 4 is 22.8 Å². The molecule has 1 aliphatic rings. The second-order valence-electron chi connectivity index (χ2n) is 4.70. The van der Waals surface area contributed by atoms with Gasteiger partial charge in [0.15, 0.2) is 11.6 Å². The van der Waals surface area contributed by atoms with Crippen LogP contribution < -0.4 is 0 Å². The number of aromatic amines is 1. The fourth-order valence-electron chi connectivity index (χ4n) is 2.39. The van der Waals surface area contributed by atoms with E-state index in [0.29, 0.717) is 11.4 Å². The molecule has 0 saturated carbocycles. The Balaban J connectivity index is 1.86. The van der Waals surface area contributed by atoms with Crippen LogP contribution in [-0.2, 0) is 6.42 Å². The number of nitrogens with one attached hydrogen (secondary N) is 1. The summed E-state index contributed by atoms with van der Waals surface area (Å²) in [6.45, 7) is 0. The molecule has 2 aromatic rings. The van der Waals surface area contributed by atoms with Crippen LogP contribution in [-0.4, -0.2) is 21.5 Å². The van der Waals surface area contributed by atoms with Crippen LogP contribution in [0.25, 0.3) is 11.0 Å². The maximum absolute atomic E-state index is 13.5. The van der Waals surface area contributed by atoms with Gasteiger partial charge in [-0.3, -0.25) is 0 Å². The Morgan fingerprint density at radius 1 is 1.28 bits per heavy atom. The second-order valence-corrected chi connectivity index (χ2v) is 5.93. The molecule has 0 radical (unpaired) electrons. The van der Waals surface area contributed by atoms with Crippen molar-refractivity contribution in [2.75, 3.05) is 11.5 Å². The smallest absolute Gasteiger partial charge is 0.186 e. The average molecular weight is 268 g/mol. The maximum atomic E-state index is 13.5. The lowest BCUT2D eigenvalue weighted by Crippen LogP contribution is -2.12. The molecule has 1 fully saturated rings. The van der Waals surface area contributed by atoms with Crippen LogP contribution in [0.5, 0.6) is 0 Å². The summed E-state index contributed by atoms with van der Waals surface area (Å²) in [6, 6.07) is 2.68. The van der Waals surface area contributed by atoms with Crippen molar-refractivity contribution in [3.8, 4) is 0 Å². The summed E-state index contributed by atoms with van der Waals surface area (Å²) in [5.74, 6) is 2.07. The molecule has 0 aliphatic carbocycles. The molecule has 1 aliphatic heterocycles. The first kappa shape index (κ1) is 12.0. The van der Waals surface area contributed by atoms with Gasteiger partial charge >= 0.3 is 0 Å². The van der Waals surface area contributed by atoms with Gasteiger partial charge in [-0.05, 0) is 42.4 Å². The number of halogens is 2. The maximum Gasteiger partial charge on any atom is 0.186 e. The number of thioether (sulfide) groups is 1. The van der Waals surface area contributed by atoms with Crippen LogP contribution in [0.2, 0.25) is 0 Å². The van der Waals surface area contributed by atoms with E-state index in [-0.39, 0.29) is 5.52 Å². The molecule has 1 N–H and O–H groups in total. The Morgan fingerprint density at radius 3 is 2.83 bits per heavy atom. The quantitative estimate of drug-likeness (QED) is 0.902. The highest BCUT2D eigenvalue weighted by Gasteiger charge is 2.17. The standard InChI is InChI=1S/C13H14F2N2S/c14-9-1-2-10-13(12(9)15)17-11(16-10)7-8-3-5-18-6-4-8/h1-2,8H,3-7H2,(H,16,17). The number of fused-ring (bicyclic) bond motifs is 1. The van der Waals surface area contributed by atoms with Crippen molar-refractivity contribution in [3.63, 3.8) is 0 Å².